The van der Waals surface area contributed by atoms with Crippen LogP contribution >= 0.6 is 0 Å². The van der Waals surface area contributed by atoms with Crippen molar-refractivity contribution in [1.82, 2.24) is 0 Å². The maximum absolute atomic E-state index is 2.51. The van der Waals surface area contributed by atoms with Crippen LogP contribution in [-0.2, 0) is 0 Å². The summed E-state index contributed by atoms with van der Waals surface area (Å²) in [6.07, 6.45) is 13.3. The van der Waals surface area contributed by atoms with Gasteiger partial charge in [0.1, 0.15) is 0 Å². The van der Waals surface area contributed by atoms with Crippen molar-refractivity contribution >= 4 is 0 Å². The van der Waals surface area contributed by atoms with E-state index in [9.17, 15) is 0 Å². The van der Waals surface area contributed by atoms with E-state index in [0.29, 0.717) is 0 Å². The van der Waals surface area contributed by atoms with Crippen LogP contribution in [0.15, 0.2) is 6.07 Å². The van der Waals surface area contributed by atoms with Crippen molar-refractivity contribution in [3.05, 3.63) is 33.9 Å². The molecule has 0 radical (unpaired) electrons. The molecule has 0 saturated heterocycles. The van der Waals surface area contributed by atoms with Gasteiger partial charge in [0.25, 0.3) is 0 Å². The Morgan fingerprint density at radius 1 is 0.708 bits per heavy atom. The van der Waals surface area contributed by atoms with E-state index in [0.717, 1.165) is 23.7 Å². The third-order valence-corrected chi connectivity index (χ3v) is 7.61. The van der Waals surface area contributed by atoms with Gasteiger partial charge in [-0.1, -0.05) is 38.7 Å². The molecule has 0 aromatic heterocycles. The van der Waals surface area contributed by atoms with Crippen molar-refractivity contribution in [2.45, 2.75) is 98.3 Å². The van der Waals surface area contributed by atoms with Gasteiger partial charge in [0.05, 0.1) is 0 Å². The third-order valence-electron chi connectivity index (χ3n) is 7.61. The molecule has 0 nitrogen and oxygen atoms in total. The average Bonchev–Trinajstić information content (AvgIpc) is 2.59. The molecular formula is C24H38. The van der Waals surface area contributed by atoms with E-state index < -0.39 is 0 Å². The molecule has 2 saturated carbocycles. The molecule has 1 aromatic carbocycles. The highest BCUT2D eigenvalue weighted by Crippen LogP contribution is 2.42. The summed E-state index contributed by atoms with van der Waals surface area (Å²) in [6.45, 7) is 11.7. The van der Waals surface area contributed by atoms with Gasteiger partial charge in [0.15, 0.2) is 0 Å². The lowest BCUT2D eigenvalue weighted by molar-refractivity contribution is 0.211. The van der Waals surface area contributed by atoms with E-state index >= 15 is 0 Å². The summed E-state index contributed by atoms with van der Waals surface area (Å²) in [5.74, 6) is 3.89. The zero-order valence-electron chi connectivity index (χ0n) is 16.8. The highest BCUT2D eigenvalue weighted by atomic mass is 14.3. The Labute approximate surface area is 150 Å². The van der Waals surface area contributed by atoms with Crippen molar-refractivity contribution in [2.75, 3.05) is 0 Å². The summed E-state index contributed by atoms with van der Waals surface area (Å²) in [7, 11) is 0. The van der Waals surface area contributed by atoms with Crippen LogP contribution in [0.4, 0.5) is 0 Å². The predicted molar refractivity (Wildman–Crippen MR) is 106 cm³/mol. The second kappa shape index (κ2) is 7.63. The summed E-state index contributed by atoms with van der Waals surface area (Å²) in [4.78, 5) is 0. The number of aryl methyl sites for hydroxylation is 1. The van der Waals surface area contributed by atoms with Crippen LogP contribution in [0.5, 0.6) is 0 Å². The molecule has 0 unspecified atom stereocenters. The van der Waals surface area contributed by atoms with Gasteiger partial charge < -0.3 is 0 Å². The minimum absolute atomic E-state index is 0.825. The number of rotatable bonds is 3. The molecule has 2 aliphatic rings. The van der Waals surface area contributed by atoms with E-state index in [4.69, 9.17) is 0 Å². The summed E-state index contributed by atoms with van der Waals surface area (Å²) in [5.41, 5.74) is 7.76. The third kappa shape index (κ3) is 3.89. The van der Waals surface area contributed by atoms with E-state index in [1.165, 1.54) is 74.5 Å². The van der Waals surface area contributed by atoms with Crippen LogP contribution < -0.4 is 0 Å². The summed E-state index contributed by atoms with van der Waals surface area (Å²) in [5, 5.41) is 0. The van der Waals surface area contributed by atoms with Gasteiger partial charge in [-0.15, -0.1) is 0 Å². The van der Waals surface area contributed by atoms with Crippen molar-refractivity contribution < 1.29 is 0 Å². The summed E-state index contributed by atoms with van der Waals surface area (Å²) >= 11 is 0. The zero-order valence-corrected chi connectivity index (χ0v) is 16.8. The topological polar surface area (TPSA) is 0 Å². The minimum atomic E-state index is 0.825. The molecule has 0 amide bonds. The number of hydrogen-bond acceptors (Lipinski definition) is 0. The van der Waals surface area contributed by atoms with Gasteiger partial charge in [-0.2, -0.15) is 0 Å². The molecular weight excluding hydrogens is 288 g/mol. The molecule has 0 bridgehead atoms. The minimum Gasteiger partial charge on any atom is -0.0625 e. The smallest absolute Gasteiger partial charge is 0.0159 e. The largest absolute Gasteiger partial charge is 0.0625 e. The Hall–Kier alpha value is -0.780. The Kier molecular flexibility index (Phi) is 5.73. The lowest BCUT2D eigenvalue weighted by Gasteiger charge is -2.34. The summed E-state index contributed by atoms with van der Waals surface area (Å²) < 4.78 is 0. The van der Waals surface area contributed by atoms with Gasteiger partial charge >= 0.3 is 0 Å². The normalized spacial score (nSPS) is 31.2. The van der Waals surface area contributed by atoms with Crippen LogP contribution in [0.3, 0.4) is 0 Å². The van der Waals surface area contributed by atoms with Gasteiger partial charge in [0, 0.05) is 0 Å². The summed E-state index contributed by atoms with van der Waals surface area (Å²) in [6, 6.07) is 2.51. The second-order valence-corrected chi connectivity index (χ2v) is 9.24. The SMILES string of the molecule is Cc1cc(C2CCC(CC3CCC(C)CC3)CC2)c(C)c(C)c1C. The van der Waals surface area contributed by atoms with Gasteiger partial charge in [-0.3, -0.25) is 0 Å². The number of hydrogen-bond donors (Lipinski definition) is 0. The van der Waals surface area contributed by atoms with E-state index in [2.05, 4.69) is 40.7 Å². The standard InChI is InChI=1S/C24H38/c1-16-6-8-21(9-7-16)15-22-10-12-23(13-11-22)24-14-17(2)18(3)19(4)20(24)5/h14,16,21-23H,6-13,15H2,1-5H3. The Morgan fingerprint density at radius 2 is 1.25 bits per heavy atom. The fourth-order valence-corrected chi connectivity index (χ4v) is 5.41. The Morgan fingerprint density at radius 3 is 1.83 bits per heavy atom. The van der Waals surface area contributed by atoms with E-state index in [-0.39, 0.29) is 0 Å². The van der Waals surface area contributed by atoms with Crippen molar-refractivity contribution in [3.63, 3.8) is 0 Å². The molecule has 2 fully saturated rings. The Bertz CT molecular complexity index is 552. The van der Waals surface area contributed by atoms with Crippen LogP contribution in [0.2, 0.25) is 0 Å². The van der Waals surface area contributed by atoms with Crippen LogP contribution in [0.25, 0.3) is 0 Å². The zero-order chi connectivity index (χ0) is 17.3. The molecule has 2 aliphatic carbocycles. The van der Waals surface area contributed by atoms with Gasteiger partial charge in [-0.05, 0) is 111 Å². The van der Waals surface area contributed by atoms with Gasteiger partial charge in [0.2, 0.25) is 0 Å². The lowest BCUT2D eigenvalue weighted by atomic mass is 9.71. The fraction of sp³-hybridized carbons (Fsp3) is 0.750. The molecule has 24 heavy (non-hydrogen) atoms. The Balaban J connectivity index is 1.57. The first kappa shape index (κ1) is 18.0. The van der Waals surface area contributed by atoms with Crippen molar-refractivity contribution in [1.29, 1.82) is 0 Å². The number of benzene rings is 1. The van der Waals surface area contributed by atoms with E-state index in [1.807, 2.05) is 0 Å². The second-order valence-electron chi connectivity index (χ2n) is 9.24. The monoisotopic (exact) mass is 326 g/mol. The fourth-order valence-electron chi connectivity index (χ4n) is 5.41. The molecule has 134 valence electrons. The molecule has 1 aromatic rings. The highest BCUT2D eigenvalue weighted by Gasteiger charge is 2.27. The van der Waals surface area contributed by atoms with Gasteiger partial charge in [-0.25, -0.2) is 0 Å². The highest BCUT2D eigenvalue weighted by molar-refractivity contribution is 5.45. The average molecular weight is 327 g/mol. The first-order valence-corrected chi connectivity index (χ1v) is 10.5. The van der Waals surface area contributed by atoms with E-state index in [1.54, 1.807) is 11.1 Å². The molecule has 0 aliphatic heterocycles. The molecule has 0 heterocycles. The molecule has 0 heteroatoms. The predicted octanol–water partition coefficient (Wildman–Crippen LogP) is 7.41. The quantitative estimate of drug-likeness (QED) is 0.542. The first-order chi connectivity index (χ1) is 11.5. The molecule has 0 N–H and O–H groups in total. The maximum atomic E-state index is 2.51. The molecule has 0 spiro atoms. The first-order valence-electron chi connectivity index (χ1n) is 10.5. The maximum Gasteiger partial charge on any atom is -0.0159 e. The van der Waals surface area contributed by atoms with Crippen LogP contribution in [-0.4, -0.2) is 0 Å². The van der Waals surface area contributed by atoms with Crippen molar-refractivity contribution in [3.8, 4) is 0 Å². The lowest BCUT2D eigenvalue weighted by Crippen LogP contribution is -2.20. The van der Waals surface area contributed by atoms with Crippen molar-refractivity contribution in [2.24, 2.45) is 17.8 Å². The molecule has 3 rings (SSSR count). The van der Waals surface area contributed by atoms with Crippen LogP contribution in [0, 0.1) is 45.4 Å². The molecule has 0 atom stereocenters. The van der Waals surface area contributed by atoms with Crippen LogP contribution in [0.1, 0.15) is 98.4 Å².